The summed E-state index contributed by atoms with van der Waals surface area (Å²) in [4.78, 5) is 53.1. The van der Waals surface area contributed by atoms with Crippen LogP contribution in [0.15, 0.2) is 46.8 Å². The van der Waals surface area contributed by atoms with Gasteiger partial charge in [0.25, 0.3) is 17.1 Å². The molecule has 0 unspecified atom stereocenters. The summed E-state index contributed by atoms with van der Waals surface area (Å²) in [5.74, 6) is -1.76. The van der Waals surface area contributed by atoms with Gasteiger partial charge < -0.3 is 5.32 Å². The van der Waals surface area contributed by atoms with E-state index >= 15 is 0 Å². The molecule has 1 aromatic carbocycles. The van der Waals surface area contributed by atoms with Gasteiger partial charge >= 0.3 is 0 Å². The number of nitrogens with one attached hydrogen (secondary N) is 2. The van der Waals surface area contributed by atoms with E-state index in [1.807, 2.05) is 19.1 Å². The number of amides is 4. The largest absolute Gasteiger partial charge is 0.325 e. The SMILES string of the molecule is Cc1ccc(NC(=O)CN2C(=O)S/C(=C\C(=O)Nc3nccs3)C2=O)cc1. The number of imide groups is 1. The Labute approximate surface area is 162 Å². The fourth-order valence-corrected chi connectivity index (χ4v) is 3.50. The van der Waals surface area contributed by atoms with Crippen molar-refractivity contribution in [2.45, 2.75) is 6.92 Å². The Kier molecular flexibility index (Phi) is 5.67. The van der Waals surface area contributed by atoms with E-state index < -0.39 is 29.5 Å². The lowest BCUT2D eigenvalue weighted by molar-refractivity contribution is -0.127. The second-order valence-electron chi connectivity index (χ2n) is 5.51. The lowest BCUT2D eigenvalue weighted by Gasteiger charge is -2.12. The Morgan fingerprint density at radius 3 is 2.59 bits per heavy atom. The lowest BCUT2D eigenvalue weighted by atomic mass is 10.2. The van der Waals surface area contributed by atoms with Crippen molar-refractivity contribution < 1.29 is 19.2 Å². The van der Waals surface area contributed by atoms with Gasteiger partial charge in [0.1, 0.15) is 6.54 Å². The minimum atomic E-state index is -0.682. The van der Waals surface area contributed by atoms with Crippen molar-refractivity contribution in [1.29, 1.82) is 0 Å². The topological polar surface area (TPSA) is 108 Å². The van der Waals surface area contributed by atoms with Crippen LogP contribution in [0.4, 0.5) is 15.6 Å². The number of anilines is 2. The van der Waals surface area contributed by atoms with Gasteiger partial charge in [0.15, 0.2) is 5.13 Å². The van der Waals surface area contributed by atoms with Crippen LogP contribution in [0.25, 0.3) is 0 Å². The molecule has 8 nitrogen and oxygen atoms in total. The highest BCUT2D eigenvalue weighted by Crippen LogP contribution is 2.30. The molecule has 0 aliphatic carbocycles. The molecular formula is C17H14N4O4S2. The average Bonchev–Trinajstić information content (AvgIpc) is 3.21. The van der Waals surface area contributed by atoms with Crippen molar-refractivity contribution in [2.24, 2.45) is 0 Å². The number of aromatic nitrogens is 1. The molecule has 1 fully saturated rings. The Hall–Kier alpha value is -2.98. The minimum Gasteiger partial charge on any atom is -0.325 e. The van der Waals surface area contributed by atoms with Crippen LogP contribution in [0.3, 0.4) is 0 Å². The molecule has 1 aliphatic heterocycles. The maximum Gasteiger partial charge on any atom is 0.294 e. The van der Waals surface area contributed by atoms with Gasteiger partial charge in [-0.15, -0.1) is 11.3 Å². The molecule has 4 amide bonds. The van der Waals surface area contributed by atoms with Crippen molar-refractivity contribution >= 4 is 56.9 Å². The van der Waals surface area contributed by atoms with Gasteiger partial charge in [-0.05, 0) is 30.8 Å². The number of rotatable bonds is 5. The molecular weight excluding hydrogens is 388 g/mol. The first-order valence-electron chi connectivity index (χ1n) is 7.75. The van der Waals surface area contributed by atoms with Gasteiger partial charge in [-0.25, -0.2) is 4.98 Å². The zero-order chi connectivity index (χ0) is 19.4. The smallest absolute Gasteiger partial charge is 0.294 e. The van der Waals surface area contributed by atoms with Gasteiger partial charge in [-0.2, -0.15) is 0 Å². The van der Waals surface area contributed by atoms with Crippen molar-refractivity contribution in [3.05, 3.63) is 52.4 Å². The number of hydrogen-bond acceptors (Lipinski definition) is 7. The number of nitrogens with zero attached hydrogens (tertiary/aromatic N) is 2. The standard InChI is InChI=1S/C17H14N4O4S2/c1-10-2-4-11(5-3-10)19-14(23)9-21-15(24)12(27-17(21)25)8-13(22)20-16-18-6-7-26-16/h2-8H,9H2,1H3,(H,19,23)(H,18,20,22)/b12-8-. The number of thiazole rings is 1. The zero-order valence-corrected chi connectivity index (χ0v) is 15.7. The third-order valence-corrected chi connectivity index (χ3v) is 5.03. The summed E-state index contributed by atoms with van der Waals surface area (Å²) >= 11 is 1.84. The summed E-state index contributed by atoms with van der Waals surface area (Å²) in [5.41, 5.74) is 1.61. The molecule has 1 aliphatic rings. The summed E-state index contributed by atoms with van der Waals surface area (Å²) in [7, 11) is 0. The fourth-order valence-electron chi connectivity index (χ4n) is 2.16. The van der Waals surface area contributed by atoms with Gasteiger partial charge in [0.2, 0.25) is 5.91 Å². The monoisotopic (exact) mass is 402 g/mol. The number of benzene rings is 1. The third-order valence-electron chi connectivity index (χ3n) is 3.44. The van der Waals surface area contributed by atoms with Crippen LogP contribution in [0.2, 0.25) is 0 Å². The first-order valence-corrected chi connectivity index (χ1v) is 9.44. The Morgan fingerprint density at radius 1 is 1.19 bits per heavy atom. The van der Waals surface area contributed by atoms with Crippen LogP contribution in [-0.2, 0) is 14.4 Å². The maximum absolute atomic E-state index is 12.3. The number of thioether (sulfide) groups is 1. The summed E-state index contributed by atoms with van der Waals surface area (Å²) in [6, 6.07) is 7.12. The van der Waals surface area contributed by atoms with E-state index in [1.165, 1.54) is 17.5 Å². The van der Waals surface area contributed by atoms with E-state index in [1.54, 1.807) is 17.5 Å². The molecule has 2 aromatic rings. The highest BCUT2D eigenvalue weighted by atomic mass is 32.2. The van der Waals surface area contributed by atoms with Crippen LogP contribution in [0.5, 0.6) is 0 Å². The Balaban J connectivity index is 1.61. The summed E-state index contributed by atoms with van der Waals surface area (Å²) in [6.45, 7) is 1.49. The van der Waals surface area contributed by atoms with E-state index in [0.717, 1.165) is 16.5 Å². The van der Waals surface area contributed by atoms with Crippen molar-refractivity contribution in [3.63, 3.8) is 0 Å². The molecule has 1 aromatic heterocycles. The summed E-state index contributed by atoms with van der Waals surface area (Å²) < 4.78 is 0. The maximum atomic E-state index is 12.3. The molecule has 2 N–H and O–H groups in total. The second-order valence-corrected chi connectivity index (χ2v) is 7.40. The van der Waals surface area contributed by atoms with Crippen LogP contribution in [-0.4, -0.2) is 39.4 Å². The van der Waals surface area contributed by atoms with Crippen molar-refractivity contribution in [2.75, 3.05) is 17.2 Å². The Bertz CT molecular complexity index is 923. The predicted octanol–water partition coefficient (Wildman–Crippen LogP) is 2.61. The number of hydrogen-bond donors (Lipinski definition) is 2. The first-order chi connectivity index (χ1) is 12.9. The molecule has 0 bridgehead atoms. The van der Waals surface area contributed by atoms with E-state index in [2.05, 4.69) is 15.6 Å². The molecule has 10 heteroatoms. The number of carbonyl (C=O) groups excluding carboxylic acids is 4. The number of carbonyl (C=O) groups is 4. The summed E-state index contributed by atoms with van der Waals surface area (Å²) in [6.07, 6.45) is 2.56. The van der Waals surface area contributed by atoms with Crippen molar-refractivity contribution in [3.8, 4) is 0 Å². The van der Waals surface area contributed by atoms with E-state index in [0.29, 0.717) is 22.6 Å². The van der Waals surface area contributed by atoms with Gasteiger partial charge in [-0.1, -0.05) is 17.7 Å². The van der Waals surface area contributed by atoms with Crippen LogP contribution in [0.1, 0.15) is 5.56 Å². The predicted molar refractivity (Wildman–Crippen MR) is 103 cm³/mol. The highest BCUT2D eigenvalue weighted by Gasteiger charge is 2.36. The quantitative estimate of drug-likeness (QED) is 0.744. The minimum absolute atomic E-state index is 0.0443. The van der Waals surface area contributed by atoms with Gasteiger partial charge in [0, 0.05) is 23.3 Å². The molecule has 0 atom stereocenters. The van der Waals surface area contributed by atoms with Crippen LogP contribution in [0, 0.1) is 6.92 Å². The van der Waals surface area contributed by atoms with Gasteiger partial charge in [-0.3, -0.25) is 29.4 Å². The molecule has 2 heterocycles. The fraction of sp³-hybridized carbons (Fsp3) is 0.118. The third kappa shape index (κ3) is 4.80. The zero-order valence-electron chi connectivity index (χ0n) is 14.1. The van der Waals surface area contributed by atoms with Crippen LogP contribution >= 0.6 is 23.1 Å². The van der Waals surface area contributed by atoms with Gasteiger partial charge in [0.05, 0.1) is 4.91 Å². The second kappa shape index (κ2) is 8.14. The molecule has 0 radical (unpaired) electrons. The van der Waals surface area contributed by atoms with Crippen molar-refractivity contribution in [1.82, 2.24) is 9.88 Å². The van der Waals surface area contributed by atoms with E-state index in [4.69, 9.17) is 0 Å². The lowest BCUT2D eigenvalue weighted by Crippen LogP contribution is -2.36. The average molecular weight is 402 g/mol. The van der Waals surface area contributed by atoms with E-state index in [-0.39, 0.29) is 4.91 Å². The molecule has 138 valence electrons. The molecule has 27 heavy (non-hydrogen) atoms. The molecule has 1 saturated heterocycles. The normalized spacial score (nSPS) is 15.3. The molecule has 0 saturated carbocycles. The van der Waals surface area contributed by atoms with E-state index in [9.17, 15) is 19.2 Å². The molecule has 3 rings (SSSR count). The van der Waals surface area contributed by atoms with Crippen LogP contribution < -0.4 is 10.6 Å². The Morgan fingerprint density at radius 2 is 1.93 bits per heavy atom. The first kappa shape index (κ1) is 18.8. The summed E-state index contributed by atoms with van der Waals surface area (Å²) in [5, 5.41) is 6.59. The highest BCUT2D eigenvalue weighted by molar-refractivity contribution is 8.18. The number of aryl methyl sites for hydroxylation is 1. The molecule has 0 spiro atoms.